The predicted octanol–water partition coefficient (Wildman–Crippen LogP) is 4.18. The zero-order chi connectivity index (χ0) is 14.5. The zero-order valence-corrected chi connectivity index (χ0v) is 11.8. The van der Waals surface area contributed by atoms with Gasteiger partial charge in [-0.2, -0.15) is 5.26 Å². The van der Waals surface area contributed by atoms with Crippen LogP contribution in [0.3, 0.4) is 0 Å². The molecule has 20 heavy (non-hydrogen) atoms. The van der Waals surface area contributed by atoms with Crippen LogP contribution in [0.25, 0.3) is 0 Å². The van der Waals surface area contributed by atoms with Crippen molar-refractivity contribution in [3.63, 3.8) is 0 Å². The number of benzene rings is 2. The van der Waals surface area contributed by atoms with Gasteiger partial charge in [0.15, 0.2) is 5.78 Å². The topological polar surface area (TPSA) is 40.9 Å². The van der Waals surface area contributed by atoms with Gasteiger partial charge < -0.3 is 0 Å². The van der Waals surface area contributed by atoms with Crippen LogP contribution < -0.4 is 0 Å². The van der Waals surface area contributed by atoms with Crippen molar-refractivity contribution in [3.8, 4) is 6.07 Å². The average molecular weight is 263 g/mol. The van der Waals surface area contributed by atoms with Crippen LogP contribution in [-0.2, 0) is 0 Å². The maximum Gasteiger partial charge on any atom is 0.171 e. The number of Topliss-reactive ketones (excluding diaryl/α,β-unsaturated/α-hetero) is 1. The molecule has 0 aliphatic carbocycles. The SMILES string of the molecule is Cc1cccc(C)c1C(=O)C(CC#N)c1ccccc1. The Kier molecular flexibility index (Phi) is 4.32. The van der Waals surface area contributed by atoms with Gasteiger partial charge >= 0.3 is 0 Å². The van der Waals surface area contributed by atoms with Gasteiger partial charge in [0.2, 0.25) is 0 Å². The Hall–Kier alpha value is -2.40. The van der Waals surface area contributed by atoms with E-state index in [1.165, 1.54) is 0 Å². The van der Waals surface area contributed by atoms with Crippen LogP contribution in [-0.4, -0.2) is 5.78 Å². The average Bonchev–Trinajstić information content (AvgIpc) is 2.45. The molecule has 0 spiro atoms. The van der Waals surface area contributed by atoms with Gasteiger partial charge in [-0.05, 0) is 30.5 Å². The van der Waals surface area contributed by atoms with Crippen molar-refractivity contribution in [2.45, 2.75) is 26.2 Å². The molecule has 2 nitrogen and oxygen atoms in total. The third-order valence-corrected chi connectivity index (χ3v) is 3.54. The molecule has 100 valence electrons. The van der Waals surface area contributed by atoms with Gasteiger partial charge in [0.05, 0.1) is 12.0 Å². The van der Waals surface area contributed by atoms with Crippen LogP contribution in [0.2, 0.25) is 0 Å². The molecule has 0 amide bonds. The highest BCUT2D eigenvalue weighted by Crippen LogP contribution is 2.27. The first-order valence-corrected chi connectivity index (χ1v) is 6.67. The molecule has 0 bridgehead atoms. The molecule has 0 saturated carbocycles. The minimum atomic E-state index is -0.388. The van der Waals surface area contributed by atoms with Crippen LogP contribution in [0.1, 0.15) is 39.4 Å². The van der Waals surface area contributed by atoms with E-state index in [0.717, 1.165) is 22.3 Å². The Morgan fingerprint density at radius 3 is 2.20 bits per heavy atom. The summed E-state index contributed by atoms with van der Waals surface area (Å²) in [6.45, 7) is 3.88. The molecule has 0 radical (unpaired) electrons. The Morgan fingerprint density at radius 1 is 1.05 bits per heavy atom. The van der Waals surface area contributed by atoms with E-state index in [1.54, 1.807) is 0 Å². The van der Waals surface area contributed by atoms with Gasteiger partial charge in [-0.3, -0.25) is 4.79 Å². The fraction of sp³-hybridized carbons (Fsp3) is 0.222. The molecule has 0 fully saturated rings. The van der Waals surface area contributed by atoms with Crippen molar-refractivity contribution < 1.29 is 4.79 Å². The van der Waals surface area contributed by atoms with Crippen LogP contribution in [0.4, 0.5) is 0 Å². The van der Waals surface area contributed by atoms with E-state index in [0.29, 0.717) is 0 Å². The van der Waals surface area contributed by atoms with Gasteiger partial charge in [-0.15, -0.1) is 0 Å². The smallest absolute Gasteiger partial charge is 0.171 e. The second-order valence-corrected chi connectivity index (χ2v) is 4.96. The number of carbonyl (C=O) groups is 1. The number of hydrogen-bond acceptors (Lipinski definition) is 2. The first-order chi connectivity index (χ1) is 9.65. The van der Waals surface area contributed by atoms with E-state index in [2.05, 4.69) is 6.07 Å². The summed E-state index contributed by atoms with van der Waals surface area (Å²) in [6.07, 6.45) is 0.205. The number of nitriles is 1. The van der Waals surface area contributed by atoms with Gasteiger partial charge in [0, 0.05) is 12.0 Å². The van der Waals surface area contributed by atoms with E-state index in [4.69, 9.17) is 5.26 Å². The number of hydrogen-bond donors (Lipinski definition) is 0. The molecule has 1 unspecified atom stereocenters. The molecule has 0 heterocycles. The molecule has 0 aromatic heterocycles. The number of carbonyl (C=O) groups excluding carboxylic acids is 1. The number of ketones is 1. The lowest BCUT2D eigenvalue weighted by Crippen LogP contribution is -2.15. The van der Waals surface area contributed by atoms with Crippen LogP contribution in [0.5, 0.6) is 0 Å². The van der Waals surface area contributed by atoms with Crippen molar-refractivity contribution in [3.05, 3.63) is 70.8 Å². The summed E-state index contributed by atoms with van der Waals surface area (Å²) in [5, 5.41) is 9.03. The van der Waals surface area contributed by atoms with Crippen molar-refractivity contribution in [1.82, 2.24) is 0 Å². The third-order valence-electron chi connectivity index (χ3n) is 3.54. The summed E-state index contributed by atoms with van der Waals surface area (Å²) in [5.41, 5.74) is 3.58. The lowest BCUT2D eigenvalue weighted by molar-refractivity contribution is 0.0959. The van der Waals surface area contributed by atoms with Crippen molar-refractivity contribution in [2.24, 2.45) is 0 Å². The van der Waals surface area contributed by atoms with Gasteiger partial charge in [-0.25, -0.2) is 0 Å². The van der Waals surface area contributed by atoms with Gasteiger partial charge in [0.25, 0.3) is 0 Å². The monoisotopic (exact) mass is 263 g/mol. The lowest BCUT2D eigenvalue weighted by Gasteiger charge is -2.16. The summed E-state index contributed by atoms with van der Waals surface area (Å²) in [6, 6.07) is 17.5. The lowest BCUT2D eigenvalue weighted by atomic mass is 9.85. The summed E-state index contributed by atoms with van der Waals surface area (Å²) in [5.74, 6) is -0.352. The minimum absolute atomic E-state index is 0.0355. The standard InChI is InChI=1S/C18H17NO/c1-13-7-6-8-14(2)17(13)18(20)16(11-12-19)15-9-4-3-5-10-15/h3-10,16H,11H2,1-2H3. The Bertz CT molecular complexity index is 633. The molecule has 0 aliphatic rings. The maximum atomic E-state index is 12.8. The summed E-state index contributed by atoms with van der Waals surface area (Å²) >= 11 is 0. The third kappa shape index (κ3) is 2.78. The molecule has 0 saturated heterocycles. The number of nitrogens with zero attached hydrogens (tertiary/aromatic N) is 1. The molecular formula is C18H17NO. The zero-order valence-electron chi connectivity index (χ0n) is 11.8. The molecule has 0 aliphatic heterocycles. The van der Waals surface area contributed by atoms with Crippen molar-refractivity contribution in [1.29, 1.82) is 5.26 Å². The van der Waals surface area contributed by atoms with Gasteiger partial charge in [0.1, 0.15) is 0 Å². The first-order valence-electron chi connectivity index (χ1n) is 6.67. The molecule has 2 heteroatoms. The fourth-order valence-electron chi connectivity index (χ4n) is 2.52. The van der Waals surface area contributed by atoms with E-state index >= 15 is 0 Å². The predicted molar refractivity (Wildman–Crippen MR) is 79.7 cm³/mol. The molecule has 1 atom stereocenters. The highest BCUT2D eigenvalue weighted by Gasteiger charge is 2.24. The summed E-state index contributed by atoms with van der Waals surface area (Å²) < 4.78 is 0. The molecule has 2 aromatic rings. The summed E-state index contributed by atoms with van der Waals surface area (Å²) in [4.78, 5) is 12.8. The van der Waals surface area contributed by atoms with E-state index in [9.17, 15) is 4.79 Å². The largest absolute Gasteiger partial charge is 0.293 e. The first kappa shape index (κ1) is 14.0. The molecular weight excluding hydrogens is 246 g/mol. The van der Waals surface area contributed by atoms with E-state index in [1.807, 2.05) is 62.4 Å². The Balaban J connectivity index is 2.46. The Labute approximate surface area is 119 Å². The quantitative estimate of drug-likeness (QED) is 0.776. The van der Waals surface area contributed by atoms with Crippen molar-refractivity contribution >= 4 is 5.78 Å². The molecule has 2 rings (SSSR count). The number of aryl methyl sites for hydroxylation is 2. The fourth-order valence-corrected chi connectivity index (χ4v) is 2.52. The maximum absolute atomic E-state index is 12.8. The second kappa shape index (κ2) is 6.16. The normalized spacial score (nSPS) is 11.7. The highest BCUT2D eigenvalue weighted by atomic mass is 16.1. The molecule has 2 aromatic carbocycles. The van der Waals surface area contributed by atoms with Crippen LogP contribution >= 0.6 is 0 Å². The summed E-state index contributed by atoms with van der Waals surface area (Å²) in [7, 11) is 0. The molecule has 0 N–H and O–H groups in total. The van der Waals surface area contributed by atoms with Crippen LogP contribution in [0.15, 0.2) is 48.5 Å². The van der Waals surface area contributed by atoms with Crippen LogP contribution in [0, 0.1) is 25.2 Å². The van der Waals surface area contributed by atoms with E-state index < -0.39 is 0 Å². The number of rotatable bonds is 4. The minimum Gasteiger partial charge on any atom is -0.293 e. The highest BCUT2D eigenvalue weighted by molar-refractivity contribution is 6.03. The van der Waals surface area contributed by atoms with E-state index in [-0.39, 0.29) is 18.1 Å². The van der Waals surface area contributed by atoms with Gasteiger partial charge in [-0.1, -0.05) is 48.5 Å². The second-order valence-electron chi connectivity index (χ2n) is 4.96. The van der Waals surface area contributed by atoms with Crippen molar-refractivity contribution in [2.75, 3.05) is 0 Å². The Morgan fingerprint density at radius 2 is 1.65 bits per heavy atom.